The van der Waals surface area contributed by atoms with Crippen LogP contribution in [0.2, 0.25) is 5.02 Å². The highest BCUT2D eigenvalue weighted by molar-refractivity contribution is 6.30. The SMILES string of the molecule is O=C(NCc1cc(-c2ccccn2)n(C2CCCC2)n1)C1CC(=O)N(c2ccc(Cl)cc2)C1. The molecule has 1 saturated heterocycles. The smallest absolute Gasteiger partial charge is 0.227 e. The first kappa shape index (κ1) is 21.6. The zero-order chi connectivity index (χ0) is 22.8. The predicted molar refractivity (Wildman–Crippen MR) is 127 cm³/mol. The number of carbonyl (C=O) groups excluding carboxylic acids is 2. The number of aromatic nitrogens is 3. The van der Waals surface area contributed by atoms with E-state index in [4.69, 9.17) is 16.7 Å². The lowest BCUT2D eigenvalue weighted by molar-refractivity contribution is -0.126. The maximum atomic E-state index is 12.9. The molecule has 1 aliphatic carbocycles. The van der Waals surface area contributed by atoms with Crippen LogP contribution in [0.3, 0.4) is 0 Å². The molecule has 1 aliphatic heterocycles. The third-order valence-electron chi connectivity index (χ3n) is 6.46. The Hall–Kier alpha value is -3.19. The second kappa shape index (κ2) is 9.35. The van der Waals surface area contributed by atoms with Crippen LogP contribution < -0.4 is 10.2 Å². The van der Waals surface area contributed by atoms with E-state index in [1.54, 1.807) is 35.4 Å². The van der Waals surface area contributed by atoms with Crippen molar-refractivity contribution in [2.45, 2.75) is 44.7 Å². The number of amides is 2. The fourth-order valence-electron chi connectivity index (χ4n) is 4.74. The van der Waals surface area contributed by atoms with Crippen molar-refractivity contribution in [1.29, 1.82) is 0 Å². The molecule has 2 fully saturated rings. The number of benzene rings is 1. The number of nitrogens with zero attached hydrogens (tertiary/aromatic N) is 4. The highest BCUT2D eigenvalue weighted by atomic mass is 35.5. The fraction of sp³-hybridized carbons (Fsp3) is 0.360. The molecular weight excluding hydrogens is 438 g/mol. The largest absolute Gasteiger partial charge is 0.350 e. The van der Waals surface area contributed by atoms with Crippen LogP contribution in [0.15, 0.2) is 54.7 Å². The van der Waals surface area contributed by atoms with Gasteiger partial charge in [0, 0.05) is 29.9 Å². The van der Waals surface area contributed by atoms with Gasteiger partial charge in [0.05, 0.1) is 35.6 Å². The van der Waals surface area contributed by atoms with Crippen molar-refractivity contribution < 1.29 is 9.59 Å². The minimum absolute atomic E-state index is 0.0552. The Morgan fingerprint density at radius 3 is 2.64 bits per heavy atom. The molecule has 1 N–H and O–H groups in total. The lowest BCUT2D eigenvalue weighted by atomic mass is 10.1. The van der Waals surface area contributed by atoms with Crippen molar-refractivity contribution in [2.75, 3.05) is 11.4 Å². The molecule has 3 aromatic rings. The Morgan fingerprint density at radius 1 is 1.12 bits per heavy atom. The predicted octanol–water partition coefficient (Wildman–Crippen LogP) is 4.38. The number of anilines is 1. The van der Waals surface area contributed by atoms with Crippen LogP contribution in [0.1, 0.15) is 43.8 Å². The van der Waals surface area contributed by atoms with Gasteiger partial charge in [-0.25, -0.2) is 0 Å². The Labute approximate surface area is 197 Å². The van der Waals surface area contributed by atoms with Gasteiger partial charge in [-0.15, -0.1) is 0 Å². The average molecular weight is 464 g/mol. The molecular formula is C25H26ClN5O2. The summed E-state index contributed by atoms with van der Waals surface area (Å²) >= 11 is 5.95. The molecule has 170 valence electrons. The number of nitrogens with one attached hydrogen (secondary N) is 1. The zero-order valence-electron chi connectivity index (χ0n) is 18.3. The maximum absolute atomic E-state index is 12.9. The van der Waals surface area contributed by atoms with Gasteiger partial charge in [-0.3, -0.25) is 19.3 Å². The summed E-state index contributed by atoms with van der Waals surface area (Å²) in [5.41, 5.74) is 3.43. The van der Waals surface area contributed by atoms with E-state index in [0.29, 0.717) is 24.2 Å². The van der Waals surface area contributed by atoms with Crippen molar-refractivity contribution in [3.05, 3.63) is 65.4 Å². The van der Waals surface area contributed by atoms with E-state index in [9.17, 15) is 9.59 Å². The third-order valence-corrected chi connectivity index (χ3v) is 6.71. The summed E-state index contributed by atoms with van der Waals surface area (Å²) in [5.74, 6) is -0.574. The summed E-state index contributed by atoms with van der Waals surface area (Å²) in [4.78, 5) is 31.5. The number of hydrogen-bond acceptors (Lipinski definition) is 4. The first-order valence-electron chi connectivity index (χ1n) is 11.4. The maximum Gasteiger partial charge on any atom is 0.227 e. The number of rotatable bonds is 6. The topological polar surface area (TPSA) is 80.1 Å². The number of halogens is 1. The van der Waals surface area contributed by atoms with Gasteiger partial charge in [0.25, 0.3) is 0 Å². The molecule has 0 radical (unpaired) electrons. The normalized spacial score (nSPS) is 18.8. The molecule has 2 aliphatic rings. The summed E-state index contributed by atoms with van der Waals surface area (Å²) in [5, 5.41) is 8.43. The van der Waals surface area contributed by atoms with Crippen LogP contribution in [0.5, 0.6) is 0 Å². The number of pyridine rings is 1. The number of hydrogen-bond donors (Lipinski definition) is 1. The third kappa shape index (κ3) is 4.64. The molecule has 2 aromatic heterocycles. The minimum atomic E-state index is -0.389. The van der Waals surface area contributed by atoms with E-state index < -0.39 is 0 Å². The van der Waals surface area contributed by atoms with Crippen molar-refractivity contribution in [2.24, 2.45) is 5.92 Å². The van der Waals surface area contributed by atoms with E-state index in [2.05, 4.69) is 15.0 Å². The molecule has 5 rings (SSSR count). The van der Waals surface area contributed by atoms with Gasteiger partial charge in [-0.1, -0.05) is 30.5 Å². The molecule has 1 saturated carbocycles. The second-order valence-electron chi connectivity index (χ2n) is 8.72. The van der Waals surface area contributed by atoms with Crippen molar-refractivity contribution in [3.8, 4) is 11.4 Å². The summed E-state index contributed by atoms with van der Waals surface area (Å²) < 4.78 is 2.08. The summed E-state index contributed by atoms with van der Waals surface area (Å²) in [6, 6.07) is 15.3. The highest BCUT2D eigenvalue weighted by Crippen LogP contribution is 2.33. The summed E-state index contributed by atoms with van der Waals surface area (Å²) in [7, 11) is 0. The Bertz CT molecular complexity index is 1140. The molecule has 0 bridgehead atoms. The fourth-order valence-corrected chi connectivity index (χ4v) is 4.87. The summed E-state index contributed by atoms with van der Waals surface area (Å²) in [6.45, 7) is 0.687. The van der Waals surface area contributed by atoms with Crippen LogP contribution in [-0.4, -0.2) is 33.1 Å². The van der Waals surface area contributed by atoms with E-state index in [1.165, 1.54) is 12.8 Å². The molecule has 2 amide bonds. The standard InChI is InChI=1S/C25H26ClN5O2/c26-18-8-10-20(11-9-18)30-16-17(13-24(30)32)25(33)28-15-19-14-23(22-7-3-4-12-27-22)31(29-19)21-5-1-2-6-21/h3-4,7-12,14,17,21H,1-2,5-6,13,15-16H2,(H,28,33). The van der Waals surface area contributed by atoms with E-state index >= 15 is 0 Å². The molecule has 1 aromatic carbocycles. The monoisotopic (exact) mass is 463 g/mol. The zero-order valence-corrected chi connectivity index (χ0v) is 19.0. The van der Waals surface area contributed by atoms with Gasteiger partial charge in [-0.2, -0.15) is 5.10 Å². The Kier molecular flexibility index (Phi) is 6.13. The highest BCUT2D eigenvalue weighted by Gasteiger charge is 2.35. The molecule has 1 unspecified atom stereocenters. The van der Waals surface area contributed by atoms with Crippen molar-refractivity contribution in [1.82, 2.24) is 20.1 Å². The molecule has 8 heteroatoms. The first-order chi connectivity index (χ1) is 16.1. The van der Waals surface area contributed by atoms with Gasteiger partial charge >= 0.3 is 0 Å². The minimum Gasteiger partial charge on any atom is -0.350 e. The van der Waals surface area contributed by atoms with Gasteiger partial charge in [-0.05, 0) is 55.3 Å². The Balaban J connectivity index is 1.27. The Morgan fingerprint density at radius 2 is 1.91 bits per heavy atom. The lowest BCUT2D eigenvalue weighted by Crippen LogP contribution is -2.32. The quantitative estimate of drug-likeness (QED) is 0.588. The van der Waals surface area contributed by atoms with Gasteiger partial charge in [0.2, 0.25) is 11.8 Å². The molecule has 33 heavy (non-hydrogen) atoms. The molecule has 0 spiro atoms. The van der Waals surface area contributed by atoms with Crippen LogP contribution in [0.4, 0.5) is 5.69 Å². The van der Waals surface area contributed by atoms with Crippen LogP contribution in [0.25, 0.3) is 11.4 Å². The molecule has 7 nitrogen and oxygen atoms in total. The van der Waals surface area contributed by atoms with E-state index in [0.717, 1.165) is 35.6 Å². The van der Waals surface area contributed by atoms with E-state index in [1.807, 2.05) is 24.3 Å². The van der Waals surface area contributed by atoms with Crippen LogP contribution in [0, 0.1) is 5.92 Å². The van der Waals surface area contributed by atoms with Gasteiger partial charge in [0.1, 0.15) is 0 Å². The first-order valence-corrected chi connectivity index (χ1v) is 11.8. The molecule has 1 atom stereocenters. The second-order valence-corrected chi connectivity index (χ2v) is 9.15. The lowest BCUT2D eigenvalue weighted by Gasteiger charge is -2.16. The van der Waals surface area contributed by atoms with Crippen LogP contribution >= 0.6 is 11.6 Å². The average Bonchev–Trinajstić information content (AvgIpc) is 3.58. The van der Waals surface area contributed by atoms with Crippen molar-refractivity contribution >= 4 is 29.1 Å². The summed E-state index contributed by atoms with van der Waals surface area (Å²) in [6.07, 6.45) is 6.61. The van der Waals surface area contributed by atoms with Crippen molar-refractivity contribution in [3.63, 3.8) is 0 Å². The molecule has 3 heterocycles. The van der Waals surface area contributed by atoms with Gasteiger partial charge < -0.3 is 10.2 Å². The number of carbonyl (C=O) groups is 2. The van der Waals surface area contributed by atoms with Gasteiger partial charge in [0.15, 0.2) is 0 Å². The van der Waals surface area contributed by atoms with Crippen LogP contribution in [-0.2, 0) is 16.1 Å². The van der Waals surface area contributed by atoms with E-state index in [-0.39, 0.29) is 24.2 Å².